The van der Waals surface area contributed by atoms with E-state index in [1.807, 2.05) is 18.7 Å². The van der Waals surface area contributed by atoms with Gasteiger partial charge in [-0.25, -0.2) is 8.78 Å². The fourth-order valence-electron chi connectivity index (χ4n) is 2.31. The maximum atomic E-state index is 14.1. The summed E-state index contributed by atoms with van der Waals surface area (Å²) in [4.78, 5) is 0. The van der Waals surface area contributed by atoms with E-state index in [-0.39, 0.29) is 24.1 Å². The van der Waals surface area contributed by atoms with Crippen LogP contribution in [0.25, 0.3) is 0 Å². The SMILES string of the molecule is CCNC(Cc1c(F)ccc(Br)c1F)C1CSCCO1. The first kappa shape index (κ1) is 16.2. The van der Waals surface area contributed by atoms with Gasteiger partial charge in [0.1, 0.15) is 11.6 Å². The van der Waals surface area contributed by atoms with E-state index in [0.29, 0.717) is 11.1 Å². The molecule has 1 aliphatic rings. The monoisotopic (exact) mass is 365 g/mol. The summed E-state index contributed by atoms with van der Waals surface area (Å²) < 4.78 is 34.0. The molecule has 2 nitrogen and oxygen atoms in total. The van der Waals surface area contributed by atoms with E-state index in [2.05, 4.69) is 21.2 Å². The molecule has 2 atom stereocenters. The van der Waals surface area contributed by atoms with E-state index in [1.165, 1.54) is 12.1 Å². The van der Waals surface area contributed by atoms with Crippen molar-refractivity contribution in [1.82, 2.24) is 5.32 Å². The maximum absolute atomic E-state index is 14.1. The van der Waals surface area contributed by atoms with Crippen molar-refractivity contribution in [2.75, 3.05) is 24.7 Å². The molecular formula is C14H18BrF2NOS. The first-order chi connectivity index (χ1) is 9.63. The quantitative estimate of drug-likeness (QED) is 0.808. The van der Waals surface area contributed by atoms with E-state index in [9.17, 15) is 8.78 Å². The molecule has 6 heteroatoms. The van der Waals surface area contributed by atoms with Crippen LogP contribution in [0.4, 0.5) is 8.78 Å². The second-order valence-electron chi connectivity index (χ2n) is 4.67. The summed E-state index contributed by atoms with van der Waals surface area (Å²) in [5.74, 6) is 0.817. The van der Waals surface area contributed by atoms with Gasteiger partial charge in [0, 0.05) is 23.1 Å². The lowest BCUT2D eigenvalue weighted by molar-refractivity contribution is 0.0472. The van der Waals surface area contributed by atoms with E-state index in [0.717, 1.165) is 18.1 Å². The molecule has 1 aliphatic heterocycles. The molecule has 0 saturated carbocycles. The van der Waals surface area contributed by atoms with Crippen LogP contribution in [0, 0.1) is 11.6 Å². The van der Waals surface area contributed by atoms with Crippen molar-refractivity contribution >= 4 is 27.7 Å². The number of ether oxygens (including phenoxy) is 1. The molecule has 1 aromatic rings. The van der Waals surface area contributed by atoms with Gasteiger partial charge in [0.15, 0.2) is 0 Å². The first-order valence-electron chi connectivity index (χ1n) is 6.68. The number of nitrogens with one attached hydrogen (secondary N) is 1. The molecule has 1 saturated heterocycles. The minimum atomic E-state index is -0.517. The van der Waals surface area contributed by atoms with Crippen LogP contribution in [0.3, 0.4) is 0 Å². The van der Waals surface area contributed by atoms with Crippen molar-refractivity contribution in [3.8, 4) is 0 Å². The number of benzene rings is 1. The molecule has 0 radical (unpaired) electrons. The van der Waals surface area contributed by atoms with E-state index in [1.54, 1.807) is 0 Å². The van der Waals surface area contributed by atoms with E-state index < -0.39 is 11.6 Å². The van der Waals surface area contributed by atoms with Crippen LogP contribution in [0.5, 0.6) is 0 Å². The third-order valence-electron chi connectivity index (χ3n) is 3.32. The fourth-order valence-corrected chi connectivity index (χ4v) is 3.62. The van der Waals surface area contributed by atoms with Crippen molar-refractivity contribution in [3.05, 3.63) is 33.8 Å². The summed E-state index contributed by atoms with van der Waals surface area (Å²) in [5, 5.41) is 3.29. The van der Waals surface area contributed by atoms with Crippen LogP contribution in [0.1, 0.15) is 12.5 Å². The molecule has 1 fully saturated rings. The molecule has 2 unspecified atom stereocenters. The molecule has 0 bridgehead atoms. The van der Waals surface area contributed by atoms with Crippen LogP contribution in [-0.2, 0) is 11.2 Å². The number of halogens is 3. The summed E-state index contributed by atoms with van der Waals surface area (Å²) >= 11 is 4.93. The van der Waals surface area contributed by atoms with Crippen LogP contribution in [-0.4, -0.2) is 36.8 Å². The summed E-state index contributed by atoms with van der Waals surface area (Å²) in [5.41, 5.74) is 0.115. The van der Waals surface area contributed by atoms with Crippen LogP contribution < -0.4 is 5.32 Å². The number of hydrogen-bond donors (Lipinski definition) is 1. The van der Waals surface area contributed by atoms with Gasteiger partial charge in [0.25, 0.3) is 0 Å². The predicted octanol–water partition coefficient (Wildman–Crippen LogP) is 3.38. The van der Waals surface area contributed by atoms with Gasteiger partial charge in [-0.2, -0.15) is 11.8 Å². The van der Waals surface area contributed by atoms with Crippen molar-refractivity contribution in [1.29, 1.82) is 0 Å². The van der Waals surface area contributed by atoms with Gasteiger partial charge in [-0.15, -0.1) is 0 Å². The van der Waals surface area contributed by atoms with Crippen LogP contribution in [0.2, 0.25) is 0 Å². The van der Waals surface area contributed by atoms with Gasteiger partial charge in [0.2, 0.25) is 0 Å². The Morgan fingerprint density at radius 3 is 2.95 bits per heavy atom. The Balaban J connectivity index is 2.17. The standard InChI is InChI=1S/C14H18BrF2NOS/c1-2-18-12(13-8-20-6-5-19-13)7-9-11(16)4-3-10(15)14(9)17/h3-4,12-13,18H,2,5-8H2,1H3. The fraction of sp³-hybridized carbons (Fsp3) is 0.571. The molecule has 1 heterocycles. The molecule has 0 aliphatic carbocycles. The molecule has 112 valence electrons. The Labute approximate surface area is 130 Å². The molecule has 0 aromatic heterocycles. The Hall–Kier alpha value is -0.170. The zero-order valence-corrected chi connectivity index (χ0v) is 13.7. The molecule has 2 rings (SSSR count). The van der Waals surface area contributed by atoms with Gasteiger partial charge in [-0.05, 0) is 41.0 Å². The third-order valence-corrected chi connectivity index (χ3v) is 4.95. The highest BCUT2D eigenvalue weighted by atomic mass is 79.9. The minimum absolute atomic E-state index is 0.00789. The highest BCUT2D eigenvalue weighted by Crippen LogP contribution is 2.25. The molecular weight excluding hydrogens is 348 g/mol. The largest absolute Gasteiger partial charge is 0.375 e. The summed E-state index contributed by atoms with van der Waals surface area (Å²) in [7, 11) is 0. The summed E-state index contributed by atoms with van der Waals surface area (Å²) in [6, 6.07) is 2.61. The molecule has 0 amide bonds. The topological polar surface area (TPSA) is 21.3 Å². The zero-order chi connectivity index (χ0) is 14.5. The summed E-state index contributed by atoms with van der Waals surface area (Å²) in [6.07, 6.45) is 0.280. The van der Waals surface area contributed by atoms with Gasteiger partial charge in [0.05, 0.1) is 17.2 Å². The average molecular weight is 366 g/mol. The van der Waals surface area contributed by atoms with Gasteiger partial charge >= 0.3 is 0 Å². The average Bonchev–Trinajstić information content (AvgIpc) is 2.47. The summed E-state index contributed by atoms with van der Waals surface area (Å²) in [6.45, 7) is 3.42. The Morgan fingerprint density at radius 2 is 2.30 bits per heavy atom. The minimum Gasteiger partial charge on any atom is -0.375 e. The van der Waals surface area contributed by atoms with Gasteiger partial charge in [-0.3, -0.25) is 0 Å². The molecule has 1 N–H and O–H groups in total. The van der Waals surface area contributed by atoms with Crippen molar-refractivity contribution < 1.29 is 13.5 Å². The van der Waals surface area contributed by atoms with Crippen molar-refractivity contribution in [2.45, 2.75) is 25.5 Å². The van der Waals surface area contributed by atoms with Gasteiger partial charge < -0.3 is 10.1 Å². The van der Waals surface area contributed by atoms with Crippen molar-refractivity contribution in [3.63, 3.8) is 0 Å². The molecule has 20 heavy (non-hydrogen) atoms. The van der Waals surface area contributed by atoms with Crippen LogP contribution >= 0.6 is 27.7 Å². The first-order valence-corrected chi connectivity index (χ1v) is 8.63. The molecule has 1 aromatic carbocycles. The lowest BCUT2D eigenvalue weighted by Gasteiger charge is -2.31. The lowest BCUT2D eigenvalue weighted by atomic mass is 10.0. The van der Waals surface area contributed by atoms with Gasteiger partial charge in [-0.1, -0.05) is 6.92 Å². The second kappa shape index (κ2) is 7.73. The zero-order valence-electron chi connectivity index (χ0n) is 11.3. The Bertz CT molecular complexity index is 455. The highest BCUT2D eigenvalue weighted by Gasteiger charge is 2.27. The number of rotatable bonds is 5. The molecule has 0 spiro atoms. The number of likely N-dealkylation sites (N-methyl/N-ethyl adjacent to an activating group) is 1. The highest BCUT2D eigenvalue weighted by molar-refractivity contribution is 9.10. The normalized spacial score (nSPS) is 20.9. The number of hydrogen-bond acceptors (Lipinski definition) is 3. The third kappa shape index (κ3) is 3.93. The lowest BCUT2D eigenvalue weighted by Crippen LogP contribution is -2.46. The Morgan fingerprint density at radius 1 is 1.50 bits per heavy atom. The smallest absolute Gasteiger partial charge is 0.143 e. The van der Waals surface area contributed by atoms with E-state index in [4.69, 9.17) is 4.74 Å². The van der Waals surface area contributed by atoms with E-state index >= 15 is 0 Å². The van der Waals surface area contributed by atoms with Crippen LogP contribution in [0.15, 0.2) is 16.6 Å². The number of thioether (sulfide) groups is 1. The second-order valence-corrected chi connectivity index (χ2v) is 6.68. The van der Waals surface area contributed by atoms with Crippen molar-refractivity contribution in [2.24, 2.45) is 0 Å². The predicted molar refractivity (Wildman–Crippen MR) is 82.3 cm³/mol. The Kier molecular flexibility index (Phi) is 6.26. The maximum Gasteiger partial charge on any atom is 0.143 e.